The Hall–Kier alpha value is -4.14. The smallest absolute Gasteiger partial charge is 0.332 e. The number of aromatic nitrogens is 4. The first-order valence-electron chi connectivity index (χ1n) is 11.6. The summed E-state index contributed by atoms with van der Waals surface area (Å²) in [5, 5.41) is 4.33. The highest BCUT2D eigenvalue weighted by molar-refractivity contribution is 5.80. The maximum atomic E-state index is 12.9. The normalized spacial score (nSPS) is 11.6. The number of benzene rings is 2. The number of fused-ring (bicyclic) bond motifs is 1. The average molecular weight is 475 g/mol. The van der Waals surface area contributed by atoms with E-state index >= 15 is 0 Å². The highest BCUT2D eigenvalue weighted by atomic mass is 16.5. The quantitative estimate of drug-likeness (QED) is 0.296. The van der Waals surface area contributed by atoms with Crippen molar-refractivity contribution in [3.05, 3.63) is 86.6 Å². The van der Waals surface area contributed by atoms with Crippen LogP contribution in [-0.2, 0) is 27.2 Å². The summed E-state index contributed by atoms with van der Waals surface area (Å²) in [6, 6.07) is 17.6. The second kappa shape index (κ2) is 10.4. The van der Waals surface area contributed by atoms with Crippen LogP contribution in [0.1, 0.15) is 31.4 Å². The van der Waals surface area contributed by atoms with E-state index in [1.807, 2.05) is 54.6 Å². The summed E-state index contributed by atoms with van der Waals surface area (Å²) in [5.74, 6) is 1.62. The van der Waals surface area contributed by atoms with Gasteiger partial charge in [0.1, 0.15) is 12.4 Å². The van der Waals surface area contributed by atoms with Gasteiger partial charge in [-0.05, 0) is 47.7 Å². The third-order valence-electron chi connectivity index (χ3n) is 5.78. The Labute approximate surface area is 203 Å². The van der Waals surface area contributed by atoms with Crippen molar-refractivity contribution in [3.8, 4) is 5.75 Å². The van der Waals surface area contributed by atoms with E-state index in [4.69, 9.17) is 4.74 Å². The number of hydrazone groups is 1. The molecule has 2 aromatic carbocycles. The molecule has 0 atom stereocenters. The lowest BCUT2D eigenvalue weighted by Gasteiger charge is -2.10. The zero-order chi connectivity index (χ0) is 24.9. The van der Waals surface area contributed by atoms with Crippen molar-refractivity contribution < 1.29 is 4.74 Å². The van der Waals surface area contributed by atoms with Crippen LogP contribution in [-0.4, -0.2) is 24.9 Å². The molecule has 0 fully saturated rings. The van der Waals surface area contributed by atoms with Gasteiger partial charge in [0.25, 0.3) is 5.56 Å². The van der Waals surface area contributed by atoms with Gasteiger partial charge in [0.05, 0.1) is 6.21 Å². The summed E-state index contributed by atoms with van der Waals surface area (Å²) in [5.41, 5.74) is 4.86. The molecule has 0 aliphatic carbocycles. The van der Waals surface area contributed by atoms with Crippen LogP contribution in [0.5, 0.6) is 5.75 Å². The number of aryl methyl sites for hydroxylation is 2. The Kier molecular flexibility index (Phi) is 7.14. The van der Waals surface area contributed by atoms with E-state index in [0.717, 1.165) is 27.9 Å². The first kappa shape index (κ1) is 24.0. The van der Waals surface area contributed by atoms with Crippen LogP contribution in [0.3, 0.4) is 0 Å². The Morgan fingerprint density at radius 3 is 2.43 bits per heavy atom. The molecular weight excluding hydrogens is 444 g/mol. The van der Waals surface area contributed by atoms with Gasteiger partial charge < -0.3 is 9.30 Å². The van der Waals surface area contributed by atoms with Crippen LogP contribution >= 0.6 is 0 Å². The molecule has 182 valence electrons. The molecule has 0 saturated carbocycles. The van der Waals surface area contributed by atoms with E-state index in [-0.39, 0.29) is 5.56 Å². The largest absolute Gasteiger partial charge is 0.489 e. The van der Waals surface area contributed by atoms with Gasteiger partial charge in [0, 0.05) is 20.6 Å². The molecule has 35 heavy (non-hydrogen) atoms. The molecule has 0 aliphatic heterocycles. The number of hydrogen-bond acceptors (Lipinski definition) is 6. The average Bonchev–Trinajstić information content (AvgIpc) is 3.23. The molecule has 4 rings (SSSR count). The summed E-state index contributed by atoms with van der Waals surface area (Å²) in [6.45, 7) is 5.31. The molecule has 4 aromatic rings. The zero-order valence-electron chi connectivity index (χ0n) is 20.4. The molecule has 2 aromatic heterocycles. The Morgan fingerprint density at radius 1 is 1.03 bits per heavy atom. The van der Waals surface area contributed by atoms with Crippen molar-refractivity contribution in [2.45, 2.75) is 33.4 Å². The van der Waals surface area contributed by atoms with Gasteiger partial charge in [-0.1, -0.05) is 44.2 Å². The highest BCUT2D eigenvalue weighted by Gasteiger charge is 2.19. The van der Waals surface area contributed by atoms with E-state index < -0.39 is 5.69 Å². The van der Waals surface area contributed by atoms with Gasteiger partial charge in [0.2, 0.25) is 5.95 Å². The summed E-state index contributed by atoms with van der Waals surface area (Å²) in [7, 11) is 3.08. The molecule has 9 nitrogen and oxygen atoms in total. The Balaban J connectivity index is 1.53. The van der Waals surface area contributed by atoms with Gasteiger partial charge in [-0.2, -0.15) is 10.1 Å². The van der Waals surface area contributed by atoms with E-state index in [1.165, 1.54) is 11.6 Å². The first-order valence-corrected chi connectivity index (χ1v) is 11.6. The van der Waals surface area contributed by atoms with Crippen LogP contribution in [0.25, 0.3) is 11.2 Å². The van der Waals surface area contributed by atoms with Crippen molar-refractivity contribution in [3.63, 3.8) is 0 Å². The van der Waals surface area contributed by atoms with Crippen molar-refractivity contribution in [1.29, 1.82) is 0 Å². The molecule has 0 unspecified atom stereocenters. The number of anilines is 1. The van der Waals surface area contributed by atoms with E-state index in [2.05, 4.69) is 29.4 Å². The van der Waals surface area contributed by atoms with Gasteiger partial charge in [0.15, 0.2) is 11.2 Å². The minimum atomic E-state index is -0.416. The monoisotopic (exact) mass is 474 g/mol. The van der Waals surface area contributed by atoms with Crippen LogP contribution < -0.4 is 21.4 Å². The molecule has 0 saturated heterocycles. The second-order valence-electron chi connectivity index (χ2n) is 8.86. The van der Waals surface area contributed by atoms with Crippen LogP contribution in [0.15, 0.2) is 69.3 Å². The SMILES string of the molecule is CC(C)CCn1c(N/N=C/c2ccc(OCc3ccccc3)cc2)nc2c1c(=O)n(C)c(=O)n2C. The lowest BCUT2D eigenvalue weighted by Crippen LogP contribution is -2.37. The summed E-state index contributed by atoms with van der Waals surface area (Å²) in [6.07, 6.45) is 2.52. The summed E-state index contributed by atoms with van der Waals surface area (Å²) < 4.78 is 10.1. The molecule has 9 heteroatoms. The fourth-order valence-corrected chi connectivity index (χ4v) is 3.69. The third kappa shape index (κ3) is 5.34. The molecule has 0 aliphatic rings. The number of rotatable bonds is 9. The number of imidazole rings is 1. The second-order valence-corrected chi connectivity index (χ2v) is 8.86. The minimum Gasteiger partial charge on any atom is -0.489 e. The maximum Gasteiger partial charge on any atom is 0.332 e. The van der Waals surface area contributed by atoms with Crippen LogP contribution in [0, 0.1) is 5.92 Å². The van der Waals surface area contributed by atoms with E-state index in [9.17, 15) is 9.59 Å². The molecule has 0 bridgehead atoms. The standard InChI is InChI=1S/C26H30N6O3/c1-18(2)14-15-32-22-23(30(3)26(34)31(4)24(22)33)28-25(32)29-27-16-19-10-12-21(13-11-19)35-17-20-8-6-5-7-9-20/h5-13,16,18H,14-15,17H2,1-4H3,(H,28,29)/b27-16+. The van der Waals surface area contributed by atoms with Gasteiger partial charge in [-0.25, -0.2) is 10.2 Å². The van der Waals surface area contributed by atoms with Gasteiger partial charge >= 0.3 is 5.69 Å². The van der Waals surface area contributed by atoms with Crippen molar-refractivity contribution in [2.75, 3.05) is 5.43 Å². The van der Waals surface area contributed by atoms with Crippen LogP contribution in [0.4, 0.5) is 5.95 Å². The number of hydrogen-bond donors (Lipinski definition) is 1. The zero-order valence-corrected chi connectivity index (χ0v) is 20.4. The number of nitrogens with one attached hydrogen (secondary N) is 1. The number of nitrogens with zero attached hydrogens (tertiary/aromatic N) is 5. The predicted octanol–water partition coefficient (Wildman–Crippen LogP) is 3.50. The molecule has 2 heterocycles. The fourth-order valence-electron chi connectivity index (χ4n) is 3.69. The molecule has 0 spiro atoms. The summed E-state index contributed by atoms with van der Waals surface area (Å²) >= 11 is 0. The minimum absolute atomic E-state index is 0.333. The Bertz CT molecular complexity index is 1450. The molecule has 0 amide bonds. The van der Waals surface area contributed by atoms with Crippen molar-refractivity contribution in [2.24, 2.45) is 25.1 Å². The number of ether oxygens (including phenoxy) is 1. The summed E-state index contributed by atoms with van der Waals surface area (Å²) in [4.78, 5) is 29.7. The van der Waals surface area contributed by atoms with E-state index in [0.29, 0.717) is 36.2 Å². The third-order valence-corrected chi connectivity index (χ3v) is 5.78. The maximum absolute atomic E-state index is 12.9. The predicted molar refractivity (Wildman–Crippen MR) is 138 cm³/mol. The molecular formula is C26H30N6O3. The molecule has 0 radical (unpaired) electrons. The van der Waals surface area contributed by atoms with Gasteiger partial charge in [-0.15, -0.1) is 0 Å². The lowest BCUT2D eigenvalue weighted by atomic mass is 10.1. The lowest BCUT2D eigenvalue weighted by molar-refractivity contribution is 0.306. The van der Waals surface area contributed by atoms with Crippen LogP contribution in [0.2, 0.25) is 0 Å². The van der Waals surface area contributed by atoms with Crippen molar-refractivity contribution in [1.82, 2.24) is 18.7 Å². The van der Waals surface area contributed by atoms with Crippen molar-refractivity contribution >= 4 is 23.3 Å². The highest BCUT2D eigenvalue weighted by Crippen LogP contribution is 2.18. The topological polar surface area (TPSA) is 95.4 Å². The van der Waals surface area contributed by atoms with Gasteiger partial charge in [-0.3, -0.25) is 13.9 Å². The fraction of sp³-hybridized carbons (Fsp3) is 0.308. The first-order chi connectivity index (χ1) is 16.8. The van der Waals surface area contributed by atoms with E-state index in [1.54, 1.807) is 17.8 Å². The Morgan fingerprint density at radius 2 is 1.74 bits per heavy atom. The molecule has 1 N–H and O–H groups in total.